The van der Waals surface area contributed by atoms with Gasteiger partial charge in [0.1, 0.15) is 5.65 Å². The third-order valence-corrected chi connectivity index (χ3v) is 3.78. The number of hydrogen-bond acceptors (Lipinski definition) is 3. The van der Waals surface area contributed by atoms with Gasteiger partial charge >= 0.3 is 0 Å². The van der Waals surface area contributed by atoms with Crippen molar-refractivity contribution < 1.29 is 0 Å². The molecule has 0 bridgehead atoms. The van der Waals surface area contributed by atoms with Crippen molar-refractivity contribution in [1.82, 2.24) is 9.38 Å². The maximum Gasteiger partial charge on any atom is 0.258 e. The summed E-state index contributed by atoms with van der Waals surface area (Å²) < 4.78 is 1.43. The van der Waals surface area contributed by atoms with Gasteiger partial charge in [-0.2, -0.15) is 0 Å². The number of benzene rings is 1. The van der Waals surface area contributed by atoms with Crippen molar-refractivity contribution in [2.45, 2.75) is 13.5 Å². The molecule has 3 rings (SSSR count). The number of pyridine rings is 1. The van der Waals surface area contributed by atoms with E-state index in [0.29, 0.717) is 27.9 Å². The number of aromatic nitrogens is 2. The number of halogens is 2. The van der Waals surface area contributed by atoms with E-state index >= 15 is 0 Å². The molecule has 0 unspecified atom stereocenters. The minimum absolute atomic E-state index is 0.155. The van der Waals surface area contributed by atoms with Crippen LogP contribution in [-0.2, 0) is 6.54 Å². The van der Waals surface area contributed by atoms with Gasteiger partial charge in [-0.3, -0.25) is 9.20 Å². The van der Waals surface area contributed by atoms with Crippen molar-refractivity contribution in [3.8, 4) is 0 Å². The zero-order valence-electron chi connectivity index (χ0n) is 11.8. The Hall–Kier alpha value is -2.04. The summed E-state index contributed by atoms with van der Waals surface area (Å²) >= 11 is 11.8. The predicted octanol–water partition coefficient (Wildman–Crippen LogP) is 3.92. The second-order valence-corrected chi connectivity index (χ2v) is 5.85. The summed E-state index contributed by atoms with van der Waals surface area (Å²) in [5.41, 5.74) is 3.08. The minimum atomic E-state index is -0.155. The zero-order chi connectivity index (χ0) is 15.7. The smallest absolute Gasteiger partial charge is 0.258 e. The molecule has 6 heteroatoms. The molecular weight excluding hydrogens is 321 g/mol. The highest BCUT2D eigenvalue weighted by molar-refractivity contribution is 6.30. The van der Waals surface area contributed by atoms with Gasteiger partial charge in [0, 0.05) is 23.0 Å². The monoisotopic (exact) mass is 333 g/mol. The Morgan fingerprint density at radius 3 is 2.68 bits per heavy atom. The molecule has 0 radical (unpaired) electrons. The third kappa shape index (κ3) is 3.08. The molecule has 2 aromatic heterocycles. The number of rotatable bonds is 3. The van der Waals surface area contributed by atoms with Crippen molar-refractivity contribution in [2.75, 3.05) is 5.32 Å². The van der Waals surface area contributed by atoms with Gasteiger partial charge in [-0.1, -0.05) is 23.2 Å². The number of nitrogens with zero attached hydrogens (tertiary/aromatic N) is 2. The van der Waals surface area contributed by atoms with E-state index in [2.05, 4.69) is 10.3 Å². The Labute approximate surface area is 137 Å². The Morgan fingerprint density at radius 2 is 1.91 bits per heavy atom. The molecule has 0 atom stereocenters. The topological polar surface area (TPSA) is 46.4 Å². The first-order valence-electron chi connectivity index (χ1n) is 6.71. The fourth-order valence-electron chi connectivity index (χ4n) is 2.23. The van der Waals surface area contributed by atoms with Crippen molar-refractivity contribution >= 4 is 34.5 Å². The van der Waals surface area contributed by atoms with Crippen LogP contribution in [0, 0.1) is 6.92 Å². The third-order valence-electron chi connectivity index (χ3n) is 3.32. The molecule has 0 amide bonds. The molecule has 0 aliphatic rings. The first-order valence-corrected chi connectivity index (χ1v) is 7.46. The molecule has 1 aromatic carbocycles. The summed E-state index contributed by atoms with van der Waals surface area (Å²) in [5, 5.41) is 4.46. The molecule has 0 saturated carbocycles. The normalized spacial score (nSPS) is 10.9. The van der Waals surface area contributed by atoms with Crippen LogP contribution in [0.1, 0.15) is 11.3 Å². The Morgan fingerprint density at radius 1 is 1.14 bits per heavy atom. The molecule has 1 N–H and O–H groups in total. The van der Waals surface area contributed by atoms with Crippen molar-refractivity contribution in [3.05, 3.63) is 74.3 Å². The number of fused-ring (bicyclic) bond motifs is 1. The van der Waals surface area contributed by atoms with Gasteiger partial charge in [0.05, 0.1) is 17.3 Å². The van der Waals surface area contributed by atoms with Crippen LogP contribution in [0.4, 0.5) is 5.69 Å². The highest BCUT2D eigenvalue weighted by Gasteiger charge is 2.04. The highest BCUT2D eigenvalue weighted by atomic mass is 35.5. The van der Waals surface area contributed by atoms with E-state index < -0.39 is 0 Å². The number of hydrogen-bond donors (Lipinski definition) is 1. The van der Waals surface area contributed by atoms with E-state index in [4.69, 9.17) is 23.2 Å². The maximum atomic E-state index is 12.1. The van der Waals surface area contributed by atoms with Crippen LogP contribution in [0.15, 0.2) is 47.4 Å². The molecule has 4 nitrogen and oxygen atoms in total. The van der Waals surface area contributed by atoms with E-state index in [1.54, 1.807) is 18.3 Å². The van der Waals surface area contributed by atoms with Crippen LogP contribution in [0.2, 0.25) is 10.0 Å². The van der Waals surface area contributed by atoms with Gasteiger partial charge in [0.15, 0.2) is 0 Å². The van der Waals surface area contributed by atoms with Gasteiger partial charge in [-0.25, -0.2) is 4.98 Å². The summed E-state index contributed by atoms with van der Waals surface area (Å²) in [7, 11) is 0. The fourth-order valence-corrected chi connectivity index (χ4v) is 2.62. The quantitative estimate of drug-likeness (QED) is 0.790. The average molecular weight is 334 g/mol. The molecule has 0 aliphatic carbocycles. The van der Waals surface area contributed by atoms with Gasteiger partial charge in [-0.05, 0) is 42.8 Å². The van der Waals surface area contributed by atoms with Crippen LogP contribution < -0.4 is 10.9 Å². The van der Waals surface area contributed by atoms with E-state index in [9.17, 15) is 4.79 Å². The lowest BCUT2D eigenvalue weighted by molar-refractivity contribution is 0.970. The molecule has 3 aromatic rings. The van der Waals surface area contributed by atoms with Crippen LogP contribution in [0.5, 0.6) is 0 Å². The molecule has 0 saturated heterocycles. The highest BCUT2D eigenvalue weighted by Crippen LogP contribution is 2.20. The van der Waals surface area contributed by atoms with Gasteiger partial charge in [0.25, 0.3) is 5.56 Å². The lowest BCUT2D eigenvalue weighted by atomic mass is 10.2. The summed E-state index contributed by atoms with van der Waals surface area (Å²) in [6.07, 6.45) is 1.56. The Kier molecular flexibility index (Phi) is 4.05. The lowest BCUT2D eigenvalue weighted by Gasteiger charge is -2.10. The van der Waals surface area contributed by atoms with E-state index in [1.165, 1.54) is 10.5 Å². The first kappa shape index (κ1) is 14.9. The van der Waals surface area contributed by atoms with E-state index in [1.807, 2.05) is 25.1 Å². The number of nitrogens with one attached hydrogen (secondary N) is 1. The summed E-state index contributed by atoms with van der Waals surface area (Å²) in [6, 6.07) is 10.5. The number of anilines is 1. The molecule has 0 spiro atoms. The van der Waals surface area contributed by atoms with Crippen LogP contribution in [0.3, 0.4) is 0 Å². The van der Waals surface area contributed by atoms with Crippen LogP contribution >= 0.6 is 23.2 Å². The molecular formula is C16H13Cl2N3O. The SMILES string of the molecule is Cc1cc(Cl)ccc1NCc1cc(=O)n2cc(Cl)ccc2n1. The van der Waals surface area contributed by atoms with Gasteiger partial charge < -0.3 is 5.32 Å². The van der Waals surface area contributed by atoms with Crippen LogP contribution in [0.25, 0.3) is 5.65 Å². The van der Waals surface area contributed by atoms with Crippen molar-refractivity contribution in [3.63, 3.8) is 0 Å². The predicted molar refractivity (Wildman–Crippen MR) is 90.0 cm³/mol. The lowest BCUT2D eigenvalue weighted by Crippen LogP contribution is -2.16. The summed E-state index contributed by atoms with van der Waals surface area (Å²) in [6.45, 7) is 2.43. The fraction of sp³-hybridized carbons (Fsp3) is 0.125. The summed E-state index contributed by atoms with van der Waals surface area (Å²) in [4.78, 5) is 16.5. The molecule has 0 aliphatic heterocycles. The molecule has 2 heterocycles. The first-order chi connectivity index (χ1) is 10.5. The Balaban J connectivity index is 1.88. The average Bonchev–Trinajstić information content (AvgIpc) is 2.47. The second kappa shape index (κ2) is 5.99. The maximum absolute atomic E-state index is 12.1. The van der Waals surface area contributed by atoms with Crippen LogP contribution in [-0.4, -0.2) is 9.38 Å². The molecule has 22 heavy (non-hydrogen) atoms. The van der Waals surface area contributed by atoms with Gasteiger partial charge in [-0.15, -0.1) is 0 Å². The Bertz CT molecular complexity index is 906. The largest absolute Gasteiger partial charge is 0.379 e. The molecule has 0 fully saturated rings. The standard InChI is InChI=1S/C16H13Cl2N3O/c1-10-6-11(17)2-4-14(10)19-8-13-7-16(22)21-9-12(18)3-5-15(21)20-13/h2-7,9,19H,8H2,1H3. The molecule has 112 valence electrons. The number of aryl methyl sites for hydroxylation is 1. The van der Waals surface area contributed by atoms with Crippen molar-refractivity contribution in [1.29, 1.82) is 0 Å². The van der Waals surface area contributed by atoms with Gasteiger partial charge in [0.2, 0.25) is 0 Å². The zero-order valence-corrected chi connectivity index (χ0v) is 13.3. The summed E-state index contributed by atoms with van der Waals surface area (Å²) in [5.74, 6) is 0. The van der Waals surface area contributed by atoms with E-state index in [-0.39, 0.29) is 5.56 Å². The van der Waals surface area contributed by atoms with E-state index in [0.717, 1.165) is 11.3 Å². The minimum Gasteiger partial charge on any atom is -0.379 e. The second-order valence-electron chi connectivity index (χ2n) is 4.97. The van der Waals surface area contributed by atoms with Crippen molar-refractivity contribution in [2.24, 2.45) is 0 Å².